The second kappa shape index (κ2) is 12.5. The summed E-state index contributed by atoms with van der Waals surface area (Å²) < 4.78 is 5.80. The molecule has 0 aliphatic rings. The molecule has 166 valence electrons. The van der Waals surface area contributed by atoms with Gasteiger partial charge in [0.15, 0.2) is 16.7 Å². The molecule has 0 radical (unpaired) electrons. The van der Waals surface area contributed by atoms with Crippen LogP contribution >= 0.6 is 11.3 Å². The molecule has 0 aliphatic heterocycles. The van der Waals surface area contributed by atoms with Crippen molar-refractivity contribution < 1.29 is 14.6 Å². The van der Waals surface area contributed by atoms with E-state index in [1.807, 2.05) is 49.5 Å². The number of aromatic hydroxyl groups is 1. The zero-order valence-corrected chi connectivity index (χ0v) is 19.1. The predicted molar refractivity (Wildman–Crippen MR) is 124 cm³/mol. The third-order valence-electron chi connectivity index (χ3n) is 3.85. The van der Waals surface area contributed by atoms with Crippen LogP contribution in [0, 0.1) is 6.92 Å². The van der Waals surface area contributed by atoms with Gasteiger partial charge < -0.3 is 25.4 Å². The van der Waals surface area contributed by atoms with Crippen LogP contribution in [0.5, 0.6) is 11.5 Å². The van der Waals surface area contributed by atoms with E-state index in [0.717, 1.165) is 29.5 Å². The van der Waals surface area contributed by atoms with Crippen molar-refractivity contribution in [3.63, 3.8) is 0 Å². The van der Waals surface area contributed by atoms with Crippen molar-refractivity contribution in [2.75, 3.05) is 32.5 Å². The van der Waals surface area contributed by atoms with Gasteiger partial charge in [0, 0.05) is 31.6 Å². The lowest BCUT2D eigenvalue weighted by Gasteiger charge is -2.11. The van der Waals surface area contributed by atoms with Crippen molar-refractivity contribution in [2.24, 2.45) is 0 Å². The van der Waals surface area contributed by atoms with Gasteiger partial charge >= 0.3 is 0 Å². The number of phenols is 1. The topological polar surface area (TPSA) is 99.6 Å². The second-order valence-electron chi connectivity index (χ2n) is 7.01. The Morgan fingerprint density at radius 1 is 1.26 bits per heavy atom. The summed E-state index contributed by atoms with van der Waals surface area (Å²) in [7, 11) is 3.95. The van der Waals surface area contributed by atoms with Gasteiger partial charge in [-0.15, -0.1) is 11.3 Å². The fourth-order valence-electron chi connectivity index (χ4n) is 2.38. The number of likely N-dealkylation sites (N-methyl/N-ethyl adjacent to an activating group) is 1. The van der Waals surface area contributed by atoms with E-state index in [1.165, 1.54) is 18.3 Å². The number of hydrogen-bond acceptors (Lipinski definition) is 8. The smallest absolute Gasteiger partial charge is 0.216 e. The third-order valence-corrected chi connectivity index (χ3v) is 4.73. The lowest BCUT2D eigenvalue weighted by Crippen LogP contribution is -2.29. The van der Waals surface area contributed by atoms with Crippen molar-refractivity contribution in [2.45, 2.75) is 20.5 Å². The van der Waals surface area contributed by atoms with E-state index in [-0.39, 0.29) is 11.7 Å². The number of hydrogen-bond donors (Lipinski definition) is 3. The molecule has 0 atom stereocenters. The number of thiazole rings is 1. The van der Waals surface area contributed by atoms with Crippen LogP contribution in [0.3, 0.4) is 0 Å². The standard InChI is InChI=1S/C16H15N3O2S.C6H14N2O/c1-11-10-22-16(18-11)19-15-14(6-3-7-17-15)21-9-12-4-2-5-13(20)8-12;1-6(9)7-4-5-8(2)3/h2-8,10,20H,9H2,1H3,(H,17,18,19);4-5H2,1-3H3,(H,7,9). The Morgan fingerprint density at radius 2 is 2.06 bits per heavy atom. The lowest BCUT2D eigenvalue weighted by atomic mass is 10.2. The first kappa shape index (κ1) is 24.1. The normalized spacial score (nSPS) is 10.2. The van der Waals surface area contributed by atoms with Crippen LogP contribution in [0.2, 0.25) is 0 Å². The zero-order chi connectivity index (χ0) is 22.6. The van der Waals surface area contributed by atoms with Crippen LogP contribution in [0.4, 0.5) is 10.9 Å². The Balaban J connectivity index is 0.000000323. The predicted octanol–water partition coefficient (Wildman–Crippen LogP) is 3.56. The molecule has 0 fully saturated rings. The number of anilines is 2. The quantitative estimate of drug-likeness (QED) is 0.489. The SMILES string of the molecule is CC(=O)NCCN(C)C.Cc1csc(Nc2ncccc2OCc2cccc(O)c2)n1. The van der Waals surface area contributed by atoms with E-state index >= 15 is 0 Å². The summed E-state index contributed by atoms with van der Waals surface area (Å²) in [5.41, 5.74) is 1.85. The van der Waals surface area contributed by atoms with Crippen LogP contribution in [0.15, 0.2) is 48.0 Å². The zero-order valence-electron chi connectivity index (χ0n) is 18.3. The Labute approximate surface area is 186 Å². The molecular formula is C22H29N5O3S. The number of carbonyl (C=O) groups is 1. The fourth-order valence-corrected chi connectivity index (χ4v) is 3.06. The van der Waals surface area contributed by atoms with Crippen LogP contribution in [-0.4, -0.2) is 53.1 Å². The van der Waals surface area contributed by atoms with Gasteiger partial charge in [-0.25, -0.2) is 9.97 Å². The van der Waals surface area contributed by atoms with Crippen molar-refractivity contribution in [3.8, 4) is 11.5 Å². The van der Waals surface area contributed by atoms with E-state index < -0.39 is 0 Å². The van der Waals surface area contributed by atoms with Gasteiger partial charge in [-0.05, 0) is 50.8 Å². The Morgan fingerprint density at radius 3 is 2.71 bits per heavy atom. The Bertz CT molecular complexity index is 962. The van der Waals surface area contributed by atoms with E-state index in [0.29, 0.717) is 18.2 Å². The molecule has 0 spiro atoms. The summed E-state index contributed by atoms with van der Waals surface area (Å²) in [6.07, 6.45) is 1.70. The molecule has 3 rings (SSSR count). The first-order chi connectivity index (χ1) is 14.8. The van der Waals surface area contributed by atoms with E-state index in [2.05, 4.69) is 20.6 Å². The minimum Gasteiger partial charge on any atom is -0.508 e. The number of phenolic OH excluding ortho intramolecular Hbond substituents is 1. The molecule has 3 aromatic rings. The Kier molecular flexibility index (Phi) is 9.73. The summed E-state index contributed by atoms with van der Waals surface area (Å²) in [5.74, 6) is 1.52. The maximum Gasteiger partial charge on any atom is 0.216 e. The molecule has 0 saturated carbocycles. The minimum atomic E-state index is 0.0388. The molecule has 1 amide bonds. The summed E-state index contributed by atoms with van der Waals surface area (Å²) in [6, 6.07) is 10.6. The number of benzene rings is 1. The van der Waals surface area contributed by atoms with Crippen molar-refractivity contribution >= 4 is 28.2 Å². The number of aromatic nitrogens is 2. The average molecular weight is 444 g/mol. The third kappa shape index (κ3) is 9.45. The van der Waals surface area contributed by atoms with Crippen molar-refractivity contribution in [1.82, 2.24) is 20.2 Å². The molecule has 9 heteroatoms. The number of pyridine rings is 1. The number of ether oxygens (including phenoxy) is 1. The second-order valence-corrected chi connectivity index (χ2v) is 7.87. The highest BCUT2D eigenvalue weighted by Gasteiger charge is 2.07. The molecular weight excluding hydrogens is 414 g/mol. The number of nitrogens with zero attached hydrogens (tertiary/aromatic N) is 3. The highest BCUT2D eigenvalue weighted by molar-refractivity contribution is 7.13. The molecule has 3 N–H and O–H groups in total. The van der Waals surface area contributed by atoms with Gasteiger partial charge in [0.25, 0.3) is 0 Å². The van der Waals surface area contributed by atoms with Gasteiger partial charge in [-0.2, -0.15) is 0 Å². The first-order valence-electron chi connectivity index (χ1n) is 9.77. The maximum absolute atomic E-state index is 10.3. The number of rotatable bonds is 8. The maximum atomic E-state index is 10.3. The molecule has 2 heterocycles. The average Bonchev–Trinajstić information content (AvgIpc) is 3.12. The van der Waals surface area contributed by atoms with Crippen molar-refractivity contribution in [1.29, 1.82) is 0 Å². The van der Waals surface area contributed by atoms with Crippen LogP contribution < -0.4 is 15.4 Å². The first-order valence-corrected chi connectivity index (χ1v) is 10.7. The molecule has 1 aromatic carbocycles. The molecule has 0 bridgehead atoms. The largest absolute Gasteiger partial charge is 0.508 e. The summed E-state index contributed by atoms with van der Waals surface area (Å²) >= 11 is 1.52. The summed E-state index contributed by atoms with van der Waals surface area (Å²) in [6.45, 7) is 5.46. The van der Waals surface area contributed by atoms with Crippen LogP contribution in [-0.2, 0) is 11.4 Å². The monoisotopic (exact) mass is 443 g/mol. The lowest BCUT2D eigenvalue weighted by molar-refractivity contribution is -0.118. The van der Waals surface area contributed by atoms with Gasteiger partial charge in [0.2, 0.25) is 5.91 Å². The summed E-state index contributed by atoms with van der Waals surface area (Å²) in [4.78, 5) is 21.0. The fraction of sp³-hybridized carbons (Fsp3) is 0.318. The van der Waals surface area contributed by atoms with Crippen LogP contribution in [0.25, 0.3) is 0 Å². The molecule has 2 aromatic heterocycles. The van der Waals surface area contributed by atoms with Crippen molar-refractivity contribution in [3.05, 3.63) is 59.2 Å². The number of nitrogens with one attached hydrogen (secondary N) is 2. The summed E-state index contributed by atoms with van der Waals surface area (Å²) in [5, 5.41) is 18.1. The van der Waals surface area contributed by atoms with Gasteiger partial charge in [-0.1, -0.05) is 12.1 Å². The highest BCUT2D eigenvalue weighted by atomic mass is 32.1. The Hall–Kier alpha value is -3.17. The van der Waals surface area contributed by atoms with Gasteiger partial charge in [0.05, 0.1) is 5.69 Å². The van der Waals surface area contributed by atoms with E-state index in [9.17, 15) is 9.90 Å². The van der Waals surface area contributed by atoms with E-state index in [4.69, 9.17) is 4.74 Å². The van der Waals surface area contributed by atoms with Crippen LogP contribution in [0.1, 0.15) is 18.2 Å². The highest BCUT2D eigenvalue weighted by Crippen LogP contribution is 2.27. The molecule has 31 heavy (non-hydrogen) atoms. The molecule has 8 nitrogen and oxygen atoms in total. The number of carbonyl (C=O) groups excluding carboxylic acids is 1. The molecule has 0 aliphatic carbocycles. The van der Waals surface area contributed by atoms with Gasteiger partial charge in [0.1, 0.15) is 12.4 Å². The molecule has 0 unspecified atom stereocenters. The number of aryl methyl sites for hydroxylation is 1. The van der Waals surface area contributed by atoms with E-state index in [1.54, 1.807) is 24.4 Å². The van der Waals surface area contributed by atoms with Gasteiger partial charge in [-0.3, -0.25) is 4.79 Å². The number of amides is 1. The molecule has 0 saturated heterocycles. The minimum absolute atomic E-state index is 0.0388.